The van der Waals surface area contributed by atoms with Crippen LogP contribution in [0.1, 0.15) is 22.8 Å². The molecule has 0 bridgehead atoms. The molecule has 7 nitrogen and oxygen atoms in total. The molecule has 1 amide bonds. The lowest BCUT2D eigenvalue weighted by molar-refractivity contribution is -0.123. The predicted octanol–water partition coefficient (Wildman–Crippen LogP) is 2.96. The van der Waals surface area contributed by atoms with Crippen LogP contribution in [0, 0.1) is 0 Å². The van der Waals surface area contributed by atoms with Crippen LogP contribution >= 0.6 is 0 Å². The van der Waals surface area contributed by atoms with Crippen LogP contribution in [0.5, 0.6) is 11.5 Å². The van der Waals surface area contributed by atoms with E-state index in [-0.39, 0.29) is 6.61 Å². The Morgan fingerprint density at radius 3 is 2.57 bits per heavy atom. The highest BCUT2D eigenvalue weighted by Crippen LogP contribution is 2.15. The number of ether oxygens (including phenoxy) is 3. The lowest BCUT2D eigenvalue weighted by atomic mass is 10.2. The Morgan fingerprint density at radius 1 is 1.11 bits per heavy atom. The molecule has 0 unspecified atom stereocenters. The van der Waals surface area contributed by atoms with Gasteiger partial charge in [0.25, 0.3) is 5.91 Å². The number of nitrogens with one attached hydrogen (secondary N) is 1. The average molecular weight is 382 g/mol. The second-order valence-corrected chi connectivity index (χ2v) is 5.46. The van der Waals surface area contributed by atoms with E-state index in [1.807, 2.05) is 18.2 Å². The van der Waals surface area contributed by atoms with Crippen LogP contribution in [0.25, 0.3) is 0 Å². The maximum Gasteiger partial charge on any atom is 0.338 e. The van der Waals surface area contributed by atoms with Crippen LogP contribution in [0.15, 0.2) is 66.3 Å². The molecular formula is C21H22N2O5. The number of benzene rings is 2. The van der Waals surface area contributed by atoms with Crippen molar-refractivity contribution < 1.29 is 23.8 Å². The molecule has 0 aliphatic carbocycles. The van der Waals surface area contributed by atoms with E-state index < -0.39 is 11.9 Å². The average Bonchev–Trinajstić information content (AvgIpc) is 2.72. The van der Waals surface area contributed by atoms with Crippen molar-refractivity contribution in [2.24, 2.45) is 5.10 Å². The minimum Gasteiger partial charge on any atom is -0.489 e. The van der Waals surface area contributed by atoms with Gasteiger partial charge in [-0.15, -0.1) is 0 Å². The summed E-state index contributed by atoms with van der Waals surface area (Å²) in [6, 6.07) is 13.6. The molecule has 0 radical (unpaired) electrons. The van der Waals surface area contributed by atoms with Crippen LogP contribution in [0.4, 0.5) is 0 Å². The van der Waals surface area contributed by atoms with Gasteiger partial charge in [-0.1, -0.05) is 24.8 Å². The number of esters is 1. The normalized spacial score (nSPS) is 10.3. The molecule has 0 atom stereocenters. The Morgan fingerprint density at radius 2 is 1.86 bits per heavy atom. The minimum absolute atomic E-state index is 0.218. The van der Waals surface area contributed by atoms with E-state index in [0.29, 0.717) is 30.3 Å². The van der Waals surface area contributed by atoms with E-state index in [0.717, 1.165) is 5.56 Å². The van der Waals surface area contributed by atoms with Gasteiger partial charge in [-0.25, -0.2) is 10.2 Å². The highest BCUT2D eigenvalue weighted by Gasteiger charge is 2.07. The van der Waals surface area contributed by atoms with Gasteiger partial charge in [0.05, 0.1) is 18.4 Å². The number of hydrogen-bond donors (Lipinski definition) is 1. The third-order valence-corrected chi connectivity index (χ3v) is 3.40. The van der Waals surface area contributed by atoms with Crippen LogP contribution in [-0.2, 0) is 9.53 Å². The number of hydrogen-bond acceptors (Lipinski definition) is 6. The van der Waals surface area contributed by atoms with Crippen molar-refractivity contribution in [3.05, 3.63) is 72.3 Å². The Labute approximate surface area is 163 Å². The van der Waals surface area contributed by atoms with Crippen LogP contribution < -0.4 is 14.9 Å². The number of hydrazone groups is 1. The van der Waals surface area contributed by atoms with E-state index in [1.165, 1.54) is 6.21 Å². The van der Waals surface area contributed by atoms with Crippen molar-refractivity contribution in [3.63, 3.8) is 0 Å². The molecule has 146 valence electrons. The molecule has 0 aromatic heterocycles. The molecule has 2 aromatic rings. The Bertz CT molecular complexity index is 831. The van der Waals surface area contributed by atoms with Crippen molar-refractivity contribution >= 4 is 18.1 Å². The molecule has 2 aromatic carbocycles. The quantitative estimate of drug-likeness (QED) is 0.295. The summed E-state index contributed by atoms with van der Waals surface area (Å²) >= 11 is 0. The van der Waals surface area contributed by atoms with Gasteiger partial charge < -0.3 is 14.2 Å². The van der Waals surface area contributed by atoms with E-state index in [2.05, 4.69) is 17.1 Å². The Balaban J connectivity index is 1.82. The molecule has 0 aliphatic rings. The van der Waals surface area contributed by atoms with Crippen LogP contribution in [0.2, 0.25) is 0 Å². The van der Waals surface area contributed by atoms with Gasteiger partial charge in [0, 0.05) is 5.56 Å². The summed E-state index contributed by atoms with van der Waals surface area (Å²) in [5.41, 5.74) is 3.53. The minimum atomic E-state index is -0.421. The third-order valence-electron chi connectivity index (χ3n) is 3.40. The van der Waals surface area contributed by atoms with Crippen molar-refractivity contribution in [2.75, 3.05) is 19.8 Å². The fourth-order valence-electron chi connectivity index (χ4n) is 2.12. The van der Waals surface area contributed by atoms with Gasteiger partial charge in [0.15, 0.2) is 6.61 Å². The molecular weight excluding hydrogens is 360 g/mol. The first-order valence-corrected chi connectivity index (χ1v) is 8.68. The first-order chi connectivity index (χ1) is 13.6. The van der Waals surface area contributed by atoms with Crippen molar-refractivity contribution in [1.29, 1.82) is 0 Å². The standard InChI is InChI=1S/C21H22N2O5/c1-3-13-27-19-8-6-5-7-17(19)14-22-23-20(24)15-28-18-11-9-16(10-12-18)21(25)26-4-2/h3,5-12,14H,1,4,13,15H2,2H3,(H,23,24)/b22-14+. The van der Waals surface area contributed by atoms with E-state index in [9.17, 15) is 9.59 Å². The summed E-state index contributed by atoms with van der Waals surface area (Å²) in [7, 11) is 0. The first-order valence-electron chi connectivity index (χ1n) is 8.68. The zero-order chi connectivity index (χ0) is 20.2. The number of amides is 1. The molecule has 0 aliphatic heterocycles. The Kier molecular flexibility index (Phi) is 8.26. The maximum atomic E-state index is 11.9. The molecule has 1 N–H and O–H groups in total. The van der Waals surface area contributed by atoms with Crippen LogP contribution in [0.3, 0.4) is 0 Å². The van der Waals surface area contributed by atoms with Gasteiger partial charge in [-0.05, 0) is 43.3 Å². The van der Waals surface area contributed by atoms with Gasteiger partial charge in [0.1, 0.15) is 18.1 Å². The van der Waals surface area contributed by atoms with Gasteiger partial charge >= 0.3 is 5.97 Å². The predicted molar refractivity (Wildman–Crippen MR) is 106 cm³/mol. The van der Waals surface area contributed by atoms with E-state index >= 15 is 0 Å². The number of carbonyl (C=O) groups is 2. The molecule has 28 heavy (non-hydrogen) atoms. The molecule has 7 heteroatoms. The fraction of sp³-hybridized carbons (Fsp3) is 0.190. The summed E-state index contributed by atoms with van der Waals surface area (Å²) in [6.45, 7) is 5.81. The molecule has 0 saturated carbocycles. The molecule has 0 saturated heterocycles. The van der Waals surface area contributed by atoms with Gasteiger partial charge in [-0.2, -0.15) is 5.10 Å². The van der Waals surface area contributed by atoms with Crippen molar-refractivity contribution in [2.45, 2.75) is 6.92 Å². The monoisotopic (exact) mass is 382 g/mol. The van der Waals surface area contributed by atoms with E-state index in [4.69, 9.17) is 14.2 Å². The van der Waals surface area contributed by atoms with Crippen molar-refractivity contribution in [1.82, 2.24) is 5.43 Å². The van der Waals surface area contributed by atoms with Gasteiger partial charge in [0.2, 0.25) is 0 Å². The second kappa shape index (κ2) is 11.2. The first kappa shape index (κ1) is 20.7. The topological polar surface area (TPSA) is 86.2 Å². The lowest BCUT2D eigenvalue weighted by Crippen LogP contribution is -2.24. The largest absolute Gasteiger partial charge is 0.489 e. The maximum absolute atomic E-state index is 11.9. The van der Waals surface area contributed by atoms with Gasteiger partial charge in [-0.3, -0.25) is 4.79 Å². The smallest absolute Gasteiger partial charge is 0.338 e. The molecule has 2 rings (SSSR count). The summed E-state index contributed by atoms with van der Waals surface area (Å²) in [5, 5.41) is 3.91. The van der Waals surface area contributed by atoms with E-state index in [1.54, 1.807) is 43.3 Å². The number of rotatable bonds is 10. The number of para-hydroxylation sites is 1. The number of carbonyl (C=O) groups excluding carboxylic acids is 2. The lowest BCUT2D eigenvalue weighted by Gasteiger charge is -2.07. The second-order valence-electron chi connectivity index (χ2n) is 5.46. The molecule has 0 heterocycles. The number of nitrogens with zero attached hydrogens (tertiary/aromatic N) is 1. The summed E-state index contributed by atoms with van der Waals surface area (Å²) in [4.78, 5) is 23.4. The SMILES string of the molecule is C=CCOc1ccccc1/C=N/NC(=O)COc1ccc(C(=O)OCC)cc1. The zero-order valence-corrected chi connectivity index (χ0v) is 15.6. The third kappa shape index (κ3) is 6.60. The van der Waals surface area contributed by atoms with Crippen molar-refractivity contribution in [3.8, 4) is 11.5 Å². The Hall–Kier alpha value is -3.61. The fourth-order valence-corrected chi connectivity index (χ4v) is 2.12. The highest BCUT2D eigenvalue weighted by molar-refractivity contribution is 5.89. The zero-order valence-electron chi connectivity index (χ0n) is 15.6. The van der Waals surface area contributed by atoms with Crippen LogP contribution in [-0.4, -0.2) is 37.9 Å². The summed E-state index contributed by atoms with van der Waals surface area (Å²) in [5.74, 6) is 0.266. The molecule has 0 fully saturated rings. The highest BCUT2D eigenvalue weighted by atomic mass is 16.5. The summed E-state index contributed by atoms with van der Waals surface area (Å²) in [6.07, 6.45) is 3.14. The summed E-state index contributed by atoms with van der Waals surface area (Å²) < 4.78 is 15.8. The molecule has 0 spiro atoms.